The zero-order valence-corrected chi connectivity index (χ0v) is 12.9. The maximum Gasteiger partial charge on any atom is 0.416 e. The van der Waals surface area contributed by atoms with Gasteiger partial charge in [-0.2, -0.15) is 13.2 Å². The molecule has 1 aromatic heterocycles. The Hall–Kier alpha value is -2.27. The van der Waals surface area contributed by atoms with Crippen LogP contribution in [0.1, 0.15) is 11.3 Å². The smallest absolute Gasteiger partial charge is 0.416 e. The Labute approximate surface area is 137 Å². The maximum atomic E-state index is 12.8. The van der Waals surface area contributed by atoms with Crippen LogP contribution in [0.4, 0.5) is 24.5 Å². The molecule has 3 aromatic rings. The molecule has 0 spiro atoms. The Kier molecular flexibility index (Phi) is 4.80. The highest BCUT2D eigenvalue weighted by Gasteiger charge is 2.30. The van der Waals surface area contributed by atoms with E-state index in [0.29, 0.717) is 5.69 Å². The third-order valence-corrected chi connectivity index (χ3v) is 3.31. The van der Waals surface area contributed by atoms with Gasteiger partial charge in [-0.1, -0.05) is 24.3 Å². The summed E-state index contributed by atoms with van der Waals surface area (Å²) in [6.07, 6.45) is -4.35. The van der Waals surface area contributed by atoms with Gasteiger partial charge in [-0.05, 0) is 37.3 Å². The molecule has 23 heavy (non-hydrogen) atoms. The molecule has 1 heterocycles. The van der Waals surface area contributed by atoms with Crippen LogP contribution in [0.2, 0.25) is 0 Å². The Bertz CT molecular complexity index is 831. The van der Waals surface area contributed by atoms with E-state index in [4.69, 9.17) is 0 Å². The molecule has 0 aliphatic heterocycles. The molecule has 120 valence electrons. The van der Waals surface area contributed by atoms with E-state index in [0.717, 1.165) is 34.4 Å². The van der Waals surface area contributed by atoms with Gasteiger partial charge >= 0.3 is 6.18 Å². The highest BCUT2D eigenvalue weighted by Crippen LogP contribution is 2.32. The standard InChI is InChI=1S/C17H13F3N2.ClH/c1-11-9-16(14-7-2-3-8-15(14)21-11)22-13-6-4-5-12(10-13)17(18,19)20;/h2-10H,1H3,(H,21,22);1H/p-1. The van der Waals surface area contributed by atoms with Crippen LogP contribution in [0, 0.1) is 6.92 Å². The number of alkyl halides is 3. The monoisotopic (exact) mass is 337 g/mol. The highest BCUT2D eigenvalue weighted by atomic mass is 35.5. The van der Waals surface area contributed by atoms with E-state index in [9.17, 15) is 13.2 Å². The normalized spacial score (nSPS) is 11.1. The summed E-state index contributed by atoms with van der Waals surface area (Å²) in [6.45, 7) is 1.85. The topological polar surface area (TPSA) is 24.9 Å². The first-order valence-corrected chi connectivity index (χ1v) is 6.74. The van der Waals surface area contributed by atoms with Gasteiger partial charge in [-0.25, -0.2) is 0 Å². The number of nitrogens with one attached hydrogen (secondary N) is 1. The van der Waals surface area contributed by atoms with Crippen molar-refractivity contribution >= 4 is 22.3 Å². The molecule has 0 radical (unpaired) electrons. The first-order valence-electron chi connectivity index (χ1n) is 6.74. The van der Waals surface area contributed by atoms with E-state index in [1.54, 1.807) is 6.07 Å². The summed E-state index contributed by atoms with van der Waals surface area (Å²) in [6, 6.07) is 14.5. The second-order valence-corrected chi connectivity index (χ2v) is 5.03. The number of hydrogen-bond donors (Lipinski definition) is 1. The minimum Gasteiger partial charge on any atom is -1.00 e. The number of para-hydroxylation sites is 1. The number of fused-ring (bicyclic) bond motifs is 1. The van der Waals surface area contributed by atoms with Crippen molar-refractivity contribution in [2.24, 2.45) is 0 Å². The number of aromatic nitrogens is 1. The lowest BCUT2D eigenvalue weighted by atomic mass is 10.1. The highest BCUT2D eigenvalue weighted by molar-refractivity contribution is 5.93. The third-order valence-electron chi connectivity index (χ3n) is 3.31. The van der Waals surface area contributed by atoms with Gasteiger partial charge in [0.2, 0.25) is 0 Å². The molecule has 0 aliphatic rings. The van der Waals surface area contributed by atoms with Crippen LogP contribution in [0.15, 0.2) is 54.6 Å². The SMILES string of the molecule is Cc1cc(Nc2cccc(C(F)(F)F)c2)c2ccccc2n1.[Cl-]. The Morgan fingerprint density at radius 3 is 2.43 bits per heavy atom. The van der Waals surface area contributed by atoms with Gasteiger partial charge < -0.3 is 17.7 Å². The summed E-state index contributed by atoms with van der Waals surface area (Å²) >= 11 is 0. The molecule has 3 rings (SSSR count). The van der Waals surface area contributed by atoms with E-state index >= 15 is 0 Å². The number of hydrogen-bond acceptors (Lipinski definition) is 2. The van der Waals surface area contributed by atoms with Crippen molar-refractivity contribution in [3.63, 3.8) is 0 Å². The Morgan fingerprint density at radius 1 is 0.957 bits per heavy atom. The summed E-state index contributed by atoms with van der Waals surface area (Å²) in [5.74, 6) is 0. The van der Waals surface area contributed by atoms with Gasteiger partial charge in [0.25, 0.3) is 0 Å². The molecule has 0 fully saturated rings. The van der Waals surface area contributed by atoms with Crippen molar-refractivity contribution in [2.75, 3.05) is 5.32 Å². The average Bonchev–Trinajstić information content (AvgIpc) is 2.46. The summed E-state index contributed by atoms with van der Waals surface area (Å²) in [7, 11) is 0. The van der Waals surface area contributed by atoms with E-state index in [1.807, 2.05) is 37.3 Å². The fraction of sp³-hybridized carbons (Fsp3) is 0.118. The molecule has 6 heteroatoms. The largest absolute Gasteiger partial charge is 1.00 e. The molecule has 0 bridgehead atoms. The first-order chi connectivity index (χ1) is 10.4. The van der Waals surface area contributed by atoms with E-state index < -0.39 is 11.7 Å². The van der Waals surface area contributed by atoms with Crippen molar-refractivity contribution < 1.29 is 25.6 Å². The number of halogens is 4. The predicted molar refractivity (Wildman–Crippen MR) is 81.2 cm³/mol. The molecule has 2 nitrogen and oxygen atoms in total. The lowest BCUT2D eigenvalue weighted by Crippen LogP contribution is -3.00. The summed E-state index contributed by atoms with van der Waals surface area (Å²) in [5, 5.41) is 3.93. The molecule has 0 saturated carbocycles. The molecular weight excluding hydrogens is 325 g/mol. The van der Waals surface area contributed by atoms with E-state index in [2.05, 4.69) is 10.3 Å². The van der Waals surface area contributed by atoms with E-state index in [-0.39, 0.29) is 12.4 Å². The van der Waals surface area contributed by atoms with Crippen molar-refractivity contribution in [3.8, 4) is 0 Å². The van der Waals surface area contributed by atoms with Crippen LogP contribution in [0.5, 0.6) is 0 Å². The zero-order valence-electron chi connectivity index (χ0n) is 12.2. The molecule has 2 aromatic carbocycles. The van der Waals surface area contributed by atoms with Crippen molar-refractivity contribution in [3.05, 3.63) is 65.9 Å². The van der Waals surface area contributed by atoms with Crippen molar-refractivity contribution in [2.45, 2.75) is 13.1 Å². The third kappa shape index (κ3) is 3.74. The van der Waals surface area contributed by atoms with Gasteiger partial charge in [0.05, 0.1) is 11.1 Å². The summed E-state index contributed by atoms with van der Waals surface area (Å²) in [4.78, 5) is 4.41. The quantitative estimate of drug-likeness (QED) is 0.776. The molecule has 0 unspecified atom stereocenters. The maximum absolute atomic E-state index is 12.8. The van der Waals surface area contributed by atoms with Crippen LogP contribution >= 0.6 is 0 Å². The number of benzene rings is 2. The number of nitrogens with zero attached hydrogens (tertiary/aromatic N) is 1. The van der Waals surface area contributed by atoms with Gasteiger partial charge in [0.15, 0.2) is 0 Å². The average molecular weight is 338 g/mol. The van der Waals surface area contributed by atoms with Gasteiger partial charge in [-0.15, -0.1) is 0 Å². The minimum absolute atomic E-state index is 0. The number of rotatable bonds is 2. The van der Waals surface area contributed by atoms with Gasteiger partial charge in [-0.3, -0.25) is 4.98 Å². The summed E-state index contributed by atoms with van der Waals surface area (Å²) in [5.41, 5.74) is 2.06. The van der Waals surface area contributed by atoms with Gasteiger partial charge in [0, 0.05) is 22.5 Å². The van der Waals surface area contributed by atoms with Crippen LogP contribution in [-0.2, 0) is 6.18 Å². The molecule has 0 aliphatic carbocycles. The second kappa shape index (κ2) is 6.46. The molecule has 0 amide bonds. The van der Waals surface area contributed by atoms with Crippen LogP contribution in [-0.4, -0.2) is 4.98 Å². The van der Waals surface area contributed by atoms with E-state index in [1.165, 1.54) is 6.07 Å². The minimum atomic E-state index is -4.35. The van der Waals surface area contributed by atoms with Crippen LogP contribution in [0.3, 0.4) is 0 Å². The van der Waals surface area contributed by atoms with Crippen LogP contribution < -0.4 is 17.7 Å². The summed E-state index contributed by atoms with van der Waals surface area (Å²) < 4.78 is 38.4. The lowest BCUT2D eigenvalue weighted by molar-refractivity contribution is -0.137. The second-order valence-electron chi connectivity index (χ2n) is 5.03. The first kappa shape index (κ1) is 17.1. The van der Waals surface area contributed by atoms with Crippen molar-refractivity contribution in [1.29, 1.82) is 0 Å². The number of aryl methyl sites for hydroxylation is 1. The molecular formula is C17H13ClF3N2-. The predicted octanol–water partition coefficient (Wildman–Crippen LogP) is 2.31. The van der Waals surface area contributed by atoms with Crippen molar-refractivity contribution in [1.82, 2.24) is 4.98 Å². The lowest BCUT2D eigenvalue weighted by Gasteiger charge is -2.13. The molecule has 0 atom stereocenters. The fourth-order valence-corrected chi connectivity index (χ4v) is 2.34. The number of anilines is 2. The molecule has 1 N–H and O–H groups in total. The number of pyridine rings is 1. The van der Waals surface area contributed by atoms with Gasteiger partial charge in [0.1, 0.15) is 0 Å². The Balaban J connectivity index is 0.00000192. The fourth-order valence-electron chi connectivity index (χ4n) is 2.34. The van der Waals surface area contributed by atoms with Crippen LogP contribution in [0.25, 0.3) is 10.9 Å². The Morgan fingerprint density at radius 2 is 1.70 bits per heavy atom. The zero-order chi connectivity index (χ0) is 15.7. The molecule has 0 saturated heterocycles.